The number of hydrogen-bond donors (Lipinski definition) is 0. The number of rotatable bonds is 8. The molecule has 2 heterocycles. The summed E-state index contributed by atoms with van der Waals surface area (Å²) < 4.78 is 7.92. The molecule has 0 saturated carbocycles. The number of thioether (sulfide) groups is 1. The predicted octanol–water partition coefficient (Wildman–Crippen LogP) is 5.29. The van der Waals surface area contributed by atoms with Gasteiger partial charge in [-0.15, -0.1) is 21.5 Å². The fraction of sp³-hybridized carbons (Fsp3) is 0.190. The van der Waals surface area contributed by atoms with E-state index in [9.17, 15) is 0 Å². The van der Waals surface area contributed by atoms with E-state index in [0.29, 0.717) is 6.61 Å². The first-order valence-electron chi connectivity index (χ1n) is 9.06. The molecule has 2 aromatic heterocycles. The Hall–Kier alpha value is -2.64. The van der Waals surface area contributed by atoms with Crippen molar-refractivity contribution in [3.05, 3.63) is 77.6 Å². The molecule has 0 bridgehead atoms. The van der Waals surface area contributed by atoms with Crippen LogP contribution in [0.4, 0.5) is 0 Å². The van der Waals surface area contributed by atoms with Crippen molar-refractivity contribution in [2.45, 2.75) is 31.0 Å². The van der Waals surface area contributed by atoms with Gasteiger partial charge in [0.05, 0.1) is 5.69 Å². The number of ether oxygens (including phenoxy) is 1. The zero-order valence-electron chi connectivity index (χ0n) is 15.5. The number of benzene rings is 2. The van der Waals surface area contributed by atoms with Gasteiger partial charge in [-0.3, -0.25) is 0 Å². The average molecular weight is 409 g/mol. The molecule has 0 spiro atoms. The van der Waals surface area contributed by atoms with Gasteiger partial charge in [0.15, 0.2) is 11.0 Å². The maximum atomic E-state index is 5.82. The summed E-state index contributed by atoms with van der Waals surface area (Å²) in [5, 5.41) is 12.7. The first kappa shape index (κ1) is 18.7. The third-order valence-electron chi connectivity index (χ3n) is 4.14. The van der Waals surface area contributed by atoms with Crippen LogP contribution >= 0.6 is 23.1 Å². The highest BCUT2D eigenvalue weighted by molar-refractivity contribution is 7.98. The Morgan fingerprint density at radius 3 is 2.50 bits per heavy atom. The zero-order valence-corrected chi connectivity index (χ0v) is 17.1. The van der Waals surface area contributed by atoms with Gasteiger partial charge in [0.25, 0.3) is 0 Å². The number of nitrogens with zero attached hydrogens (tertiary/aromatic N) is 4. The van der Waals surface area contributed by atoms with Gasteiger partial charge in [0, 0.05) is 23.2 Å². The second-order valence-corrected chi connectivity index (χ2v) is 7.84. The Morgan fingerprint density at radius 1 is 1.00 bits per heavy atom. The quantitative estimate of drug-likeness (QED) is 0.371. The van der Waals surface area contributed by atoms with Crippen LogP contribution in [0.3, 0.4) is 0 Å². The third kappa shape index (κ3) is 4.43. The van der Waals surface area contributed by atoms with Crippen molar-refractivity contribution in [3.63, 3.8) is 0 Å². The van der Waals surface area contributed by atoms with Gasteiger partial charge < -0.3 is 9.30 Å². The maximum absolute atomic E-state index is 5.82. The lowest BCUT2D eigenvalue weighted by molar-refractivity contribution is 0.288. The van der Waals surface area contributed by atoms with Crippen LogP contribution in [-0.2, 0) is 18.9 Å². The van der Waals surface area contributed by atoms with E-state index in [1.165, 1.54) is 0 Å². The summed E-state index contributed by atoms with van der Waals surface area (Å²) in [6.07, 6.45) is 0. The summed E-state index contributed by atoms with van der Waals surface area (Å²) in [6, 6.07) is 20.0. The molecule has 4 rings (SSSR count). The minimum absolute atomic E-state index is 0.403. The number of hydrogen-bond acceptors (Lipinski definition) is 6. The molecule has 0 aliphatic rings. The summed E-state index contributed by atoms with van der Waals surface area (Å²) >= 11 is 3.33. The van der Waals surface area contributed by atoms with E-state index in [4.69, 9.17) is 9.72 Å². The lowest BCUT2D eigenvalue weighted by Gasteiger charge is -2.08. The van der Waals surface area contributed by atoms with Crippen molar-refractivity contribution < 1.29 is 4.74 Å². The topological polar surface area (TPSA) is 52.8 Å². The molecule has 0 N–H and O–H groups in total. The molecule has 2 aromatic carbocycles. The van der Waals surface area contributed by atoms with Crippen LogP contribution in [0.1, 0.15) is 18.4 Å². The molecule has 0 fully saturated rings. The van der Waals surface area contributed by atoms with Crippen molar-refractivity contribution in [2.24, 2.45) is 0 Å². The molecule has 0 atom stereocenters. The Kier molecular flexibility index (Phi) is 6.04. The van der Waals surface area contributed by atoms with Crippen LogP contribution in [0.25, 0.3) is 10.6 Å². The van der Waals surface area contributed by atoms with E-state index in [-0.39, 0.29) is 0 Å². The monoisotopic (exact) mass is 408 g/mol. The Labute approximate surface area is 172 Å². The first-order chi connectivity index (χ1) is 13.8. The van der Waals surface area contributed by atoms with E-state index in [1.54, 1.807) is 23.1 Å². The van der Waals surface area contributed by atoms with Crippen LogP contribution in [0.2, 0.25) is 0 Å². The lowest BCUT2D eigenvalue weighted by atomic mass is 10.2. The van der Waals surface area contributed by atoms with Crippen molar-refractivity contribution in [1.82, 2.24) is 19.7 Å². The zero-order chi connectivity index (χ0) is 19.2. The smallest absolute Gasteiger partial charge is 0.191 e. The summed E-state index contributed by atoms with van der Waals surface area (Å²) in [5.41, 5.74) is 2.21. The second-order valence-electron chi connectivity index (χ2n) is 6.04. The summed E-state index contributed by atoms with van der Waals surface area (Å²) in [7, 11) is 0. The van der Waals surface area contributed by atoms with Gasteiger partial charge in [-0.2, -0.15) is 0 Å². The van der Waals surface area contributed by atoms with E-state index < -0.39 is 0 Å². The van der Waals surface area contributed by atoms with Crippen LogP contribution in [-0.4, -0.2) is 19.7 Å². The minimum atomic E-state index is 0.403. The molecule has 0 radical (unpaired) electrons. The molecule has 0 amide bonds. The number of thiazole rings is 1. The molecule has 0 aliphatic heterocycles. The molecule has 0 saturated heterocycles. The summed E-state index contributed by atoms with van der Waals surface area (Å²) in [6.45, 7) is 3.30. The highest BCUT2D eigenvalue weighted by Gasteiger charge is 2.13. The SMILES string of the molecule is CCn1c(COc2ccccc2)nnc1SCc1csc(-c2ccccc2)n1. The van der Waals surface area contributed by atoms with Crippen molar-refractivity contribution in [2.75, 3.05) is 0 Å². The van der Waals surface area contributed by atoms with E-state index in [2.05, 4.69) is 39.2 Å². The van der Waals surface area contributed by atoms with E-state index in [0.717, 1.165) is 45.3 Å². The summed E-state index contributed by atoms with van der Waals surface area (Å²) in [4.78, 5) is 4.75. The van der Waals surface area contributed by atoms with Gasteiger partial charge in [-0.05, 0) is 19.1 Å². The number of para-hydroxylation sites is 1. The van der Waals surface area contributed by atoms with Crippen LogP contribution in [0.5, 0.6) is 5.75 Å². The van der Waals surface area contributed by atoms with Gasteiger partial charge in [-0.1, -0.05) is 60.3 Å². The first-order valence-corrected chi connectivity index (χ1v) is 10.9. The Balaban J connectivity index is 1.40. The fourth-order valence-corrected chi connectivity index (χ4v) is 4.58. The van der Waals surface area contributed by atoms with Crippen LogP contribution in [0, 0.1) is 0 Å². The molecule has 142 valence electrons. The maximum Gasteiger partial charge on any atom is 0.191 e. The lowest BCUT2D eigenvalue weighted by Crippen LogP contribution is -2.07. The second kappa shape index (κ2) is 9.03. The van der Waals surface area contributed by atoms with E-state index in [1.807, 2.05) is 48.5 Å². The largest absolute Gasteiger partial charge is 0.486 e. The van der Waals surface area contributed by atoms with Crippen molar-refractivity contribution in [3.8, 4) is 16.3 Å². The predicted molar refractivity (Wildman–Crippen MR) is 114 cm³/mol. The highest BCUT2D eigenvalue weighted by Crippen LogP contribution is 2.27. The Bertz CT molecular complexity index is 1020. The summed E-state index contributed by atoms with van der Waals surface area (Å²) in [5.74, 6) is 2.43. The Morgan fingerprint density at radius 2 is 1.75 bits per heavy atom. The molecule has 7 heteroatoms. The van der Waals surface area contributed by atoms with E-state index >= 15 is 0 Å². The highest BCUT2D eigenvalue weighted by atomic mass is 32.2. The third-order valence-corrected chi connectivity index (χ3v) is 6.08. The van der Waals surface area contributed by atoms with Gasteiger partial charge in [-0.25, -0.2) is 4.98 Å². The molecule has 5 nitrogen and oxygen atoms in total. The molecule has 0 aliphatic carbocycles. The fourth-order valence-electron chi connectivity index (χ4n) is 2.74. The normalized spacial score (nSPS) is 10.9. The van der Waals surface area contributed by atoms with Crippen LogP contribution in [0.15, 0.2) is 71.2 Å². The molecule has 28 heavy (non-hydrogen) atoms. The van der Waals surface area contributed by atoms with Crippen molar-refractivity contribution >= 4 is 23.1 Å². The van der Waals surface area contributed by atoms with Gasteiger partial charge in [0.2, 0.25) is 0 Å². The standard InChI is InChI=1S/C21H20N4OS2/c1-2-25-19(13-26-18-11-7-4-8-12-18)23-24-21(25)28-15-17-14-27-20(22-17)16-9-5-3-6-10-16/h3-12,14H,2,13,15H2,1H3. The minimum Gasteiger partial charge on any atom is -0.486 e. The van der Waals surface area contributed by atoms with Crippen molar-refractivity contribution in [1.29, 1.82) is 0 Å². The molecule has 0 unspecified atom stereocenters. The molecular weight excluding hydrogens is 388 g/mol. The molecule has 4 aromatic rings. The van der Waals surface area contributed by atoms with Gasteiger partial charge in [0.1, 0.15) is 17.4 Å². The molecular formula is C21H20N4OS2. The average Bonchev–Trinajstić information content (AvgIpc) is 3.38. The number of aromatic nitrogens is 4. The van der Waals surface area contributed by atoms with Crippen LogP contribution < -0.4 is 4.74 Å². The van der Waals surface area contributed by atoms with Gasteiger partial charge >= 0.3 is 0 Å².